The fourth-order valence-electron chi connectivity index (χ4n) is 2.60. The third kappa shape index (κ3) is 4.79. The molecule has 1 unspecified atom stereocenters. The molecule has 0 spiro atoms. The second-order valence-corrected chi connectivity index (χ2v) is 6.86. The van der Waals surface area contributed by atoms with Crippen molar-refractivity contribution in [2.24, 2.45) is 5.10 Å². The van der Waals surface area contributed by atoms with E-state index in [1.54, 1.807) is 0 Å². The van der Waals surface area contributed by atoms with Gasteiger partial charge in [0.25, 0.3) is 11.2 Å². The number of carbonyl (C=O) groups excluding carboxylic acids is 1. The smallest absolute Gasteiger partial charge is 0.427 e. The highest BCUT2D eigenvalue weighted by Gasteiger charge is 2.24. The van der Waals surface area contributed by atoms with Crippen molar-refractivity contribution in [2.45, 2.75) is 6.10 Å². The van der Waals surface area contributed by atoms with Crippen LogP contribution in [0.3, 0.4) is 0 Å². The van der Waals surface area contributed by atoms with Gasteiger partial charge in [-0.25, -0.2) is 15.2 Å². The van der Waals surface area contributed by atoms with Crippen LogP contribution >= 0.6 is 23.2 Å². The number of methoxy groups -OCH3 is 1. The predicted molar refractivity (Wildman–Crippen MR) is 113 cm³/mol. The van der Waals surface area contributed by atoms with Crippen molar-refractivity contribution in [3.63, 3.8) is 0 Å². The van der Waals surface area contributed by atoms with Crippen molar-refractivity contribution in [1.29, 1.82) is 0 Å². The third-order valence-electron chi connectivity index (χ3n) is 4.10. The fraction of sp³-hybridized carbons (Fsp3) is 0.111. The number of aromatic amines is 1. The van der Waals surface area contributed by atoms with Crippen molar-refractivity contribution in [2.75, 3.05) is 7.11 Å². The Labute approximate surface area is 183 Å². The van der Waals surface area contributed by atoms with Crippen LogP contribution in [0.25, 0.3) is 11.0 Å². The molecule has 0 radical (unpaired) electrons. The molecule has 11 nitrogen and oxygen atoms in total. The molecule has 1 amide bonds. The average molecular weight is 466 g/mol. The van der Waals surface area contributed by atoms with Gasteiger partial charge in [0, 0.05) is 12.1 Å². The summed E-state index contributed by atoms with van der Waals surface area (Å²) in [7, 11) is 1.11. The van der Waals surface area contributed by atoms with Crippen molar-refractivity contribution in [3.05, 3.63) is 78.2 Å². The number of halogens is 2. The molecular formula is C18H13Cl2N5O6. The Morgan fingerprint density at radius 1 is 1.29 bits per heavy atom. The maximum absolute atomic E-state index is 12.7. The van der Waals surface area contributed by atoms with Crippen LogP contribution in [-0.2, 0) is 4.74 Å². The zero-order valence-corrected chi connectivity index (χ0v) is 17.1. The summed E-state index contributed by atoms with van der Waals surface area (Å²) >= 11 is 11.9. The molecule has 3 N–H and O–H groups in total. The van der Waals surface area contributed by atoms with Gasteiger partial charge in [0.15, 0.2) is 5.69 Å². The first kappa shape index (κ1) is 22.2. The van der Waals surface area contributed by atoms with Gasteiger partial charge in [-0.3, -0.25) is 14.9 Å². The van der Waals surface area contributed by atoms with Crippen molar-refractivity contribution >= 4 is 51.7 Å². The van der Waals surface area contributed by atoms with Crippen LogP contribution < -0.4 is 11.0 Å². The lowest BCUT2D eigenvalue weighted by molar-refractivity contribution is -0.384. The highest BCUT2D eigenvalue weighted by Crippen LogP contribution is 2.27. The number of aliphatic hydroxyl groups is 1. The molecule has 0 aliphatic rings. The number of ether oxygens (including phenoxy) is 1. The van der Waals surface area contributed by atoms with Gasteiger partial charge < -0.3 is 14.8 Å². The Hall–Kier alpha value is -3.54. The summed E-state index contributed by atoms with van der Waals surface area (Å²) in [6, 6.07) is 7.92. The van der Waals surface area contributed by atoms with Crippen molar-refractivity contribution in [1.82, 2.24) is 15.4 Å². The van der Waals surface area contributed by atoms with E-state index in [0.29, 0.717) is 0 Å². The summed E-state index contributed by atoms with van der Waals surface area (Å²) in [4.78, 5) is 41.1. The van der Waals surface area contributed by atoms with E-state index >= 15 is 0 Å². The Kier molecular flexibility index (Phi) is 6.49. The van der Waals surface area contributed by atoms with Crippen LogP contribution in [-0.4, -0.2) is 38.9 Å². The molecule has 13 heteroatoms. The predicted octanol–water partition coefficient (Wildman–Crippen LogP) is 2.93. The number of nitro benzene ring substituents is 1. The summed E-state index contributed by atoms with van der Waals surface area (Å²) in [6.45, 7) is 0. The first-order valence-electron chi connectivity index (χ1n) is 8.44. The van der Waals surface area contributed by atoms with E-state index in [9.17, 15) is 24.8 Å². The molecular weight excluding hydrogens is 453 g/mol. The van der Waals surface area contributed by atoms with Crippen LogP contribution in [0.4, 0.5) is 10.5 Å². The lowest BCUT2D eigenvalue weighted by atomic mass is 10.0. The van der Waals surface area contributed by atoms with Gasteiger partial charge in [-0.15, -0.1) is 0 Å². The molecule has 31 heavy (non-hydrogen) atoms. The second kappa shape index (κ2) is 9.08. The number of nitrogens with one attached hydrogen (secondary N) is 2. The molecule has 1 aromatic heterocycles. The Bertz CT molecular complexity index is 1280. The molecule has 0 bridgehead atoms. The Balaban J connectivity index is 2.15. The van der Waals surface area contributed by atoms with Crippen LogP contribution in [0.5, 0.6) is 0 Å². The minimum absolute atomic E-state index is 0.104. The molecule has 1 heterocycles. The number of aromatic nitrogens is 2. The highest BCUT2D eigenvalue weighted by atomic mass is 35.5. The molecule has 0 aliphatic heterocycles. The molecule has 0 saturated heterocycles. The molecule has 0 aliphatic carbocycles. The largest absolute Gasteiger partial charge is 0.452 e. The standard InChI is InChI=1S/C18H13Cl2N5O6/c1-31-18(28)24-23-14(16(26)8-2-4-10(19)11(20)6-8)15-17(27)22-13-7-9(25(29)30)3-5-12(13)21-15/h2-7,16,26H,1H3,(H,22,27)(H,24,28)/b23-14-. The number of nitro groups is 1. The average Bonchev–Trinajstić information content (AvgIpc) is 2.75. The Morgan fingerprint density at radius 2 is 2.03 bits per heavy atom. The number of nitrogens with zero attached hydrogens (tertiary/aromatic N) is 3. The molecule has 0 fully saturated rings. The number of hydrogen-bond donors (Lipinski definition) is 3. The van der Waals surface area contributed by atoms with Gasteiger partial charge in [0.05, 0.1) is 33.1 Å². The number of non-ortho nitro benzene ring substituents is 1. The summed E-state index contributed by atoms with van der Waals surface area (Å²) in [5, 5.41) is 26.0. The van der Waals surface area contributed by atoms with Crippen LogP contribution in [0.15, 0.2) is 46.3 Å². The molecule has 3 rings (SSSR count). The number of H-pyrrole nitrogens is 1. The summed E-state index contributed by atoms with van der Waals surface area (Å²) in [5.41, 5.74) is 0.823. The summed E-state index contributed by atoms with van der Waals surface area (Å²) in [5.74, 6) is 0. The van der Waals surface area contributed by atoms with E-state index in [0.717, 1.165) is 13.2 Å². The number of rotatable bonds is 5. The maximum atomic E-state index is 12.7. The van der Waals surface area contributed by atoms with Crippen LogP contribution in [0.1, 0.15) is 17.4 Å². The minimum Gasteiger partial charge on any atom is -0.452 e. The van der Waals surface area contributed by atoms with Gasteiger partial charge in [-0.2, -0.15) is 5.10 Å². The Morgan fingerprint density at radius 3 is 2.68 bits per heavy atom. The maximum Gasteiger partial charge on any atom is 0.427 e. The molecule has 0 saturated carbocycles. The SMILES string of the molecule is COC(=O)N/N=C(/c1nc2ccc([N+](=O)[O-])cc2[nH]c1=O)C(O)c1ccc(Cl)c(Cl)c1. The van der Waals surface area contributed by atoms with Crippen LogP contribution in [0, 0.1) is 10.1 Å². The van der Waals surface area contributed by atoms with Gasteiger partial charge in [-0.1, -0.05) is 29.3 Å². The van der Waals surface area contributed by atoms with Crippen molar-refractivity contribution in [3.8, 4) is 0 Å². The first-order valence-corrected chi connectivity index (χ1v) is 9.20. The van der Waals surface area contributed by atoms with E-state index in [1.807, 2.05) is 5.43 Å². The highest BCUT2D eigenvalue weighted by molar-refractivity contribution is 6.42. The number of hydrogen-bond acceptors (Lipinski definition) is 8. The van der Waals surface area contributed by atoms with E-state index in [4.69, 9.17) is 23.2 Å². The van der Waals surface area contributed by atoms with E-state index in [1.165, 1.54) is 30.3 Å². The second-order valence-electron chi connectivity index (χ2n) is 6.05. The zero-order valence-electron chi connectivity index (χ0n) is 15.6. The third-order valence-corrected chi connectivity index (χ3v) is 4.84. The van der Waals surface area contributed by atoms with Crippen molar-refractivity contribution < 1.29 is 19.6 Å². The van der Waals surface area contributed by atoms with Crippen LogP contribution in [0.2, 0.25) is 10.0 Å². The number of carbonyl (C=O) groups is 1. The number of amides is 1. The minimum atomic E-state index is -1.55. The lowest BCUT2D eigenvalue weighted by Crippen LogP contribution is -2.29. The van der Waals surface area contributed by atoms with E-state index < -0.39 is 22.7 Å². The van der Waals surface area contributed by atoms with Gasteiger partial charge >= 0.3 is 6.09 Å². The first-order chi connectivity index (χ1) is 14.7. The molecule has 3 aromatic rings. The van der Waals surface area contributed by atoms with Gasteiger partial charge in [0.2, 0.25) is 0 Å². The quantitative estimate of drug-likeness (QED) is 0.296. The normalized spacial score (nSPS) is 12.5. The van der Waals surface area contributed by atoms with E-state index in [-0.39, 0.29) is 43.7 Å². The topological polar surface area (TPSA) is 160 Å². The van der Waals surface area contributed by atoms with Gasteiger partial charge in [-0.05, 0) is 23.8 Å². The number of fused-ring (bicyclic) bond motifs is 1. The summed E-state index contributed by atoms with van der Waals surface area (Å²) in [6.07, 6.45) is -2.50. The number of hydrazone groups is 1. The monoisotopic (exact) mass is 465 g/mol. The number of aliphatic hydroxyl groups excluding tert-OH is 1. The zero-order chi connectivity index (χ0) is 22.7. The van der Waals surface area contributed by atoms with E-state index in [2.05, 4.69) is 19.8 Å². The summed E-state index contributed by atoms with van der Waals surface area (Å²) < 4.78 is 4.45. The lowest BCUT2D eigenvalue weighted by Gasteiger charge is -2.14. The number of benzene rings is 2. The van der Waals surface area contributed by atoms with Gasteiger partial charge in [0.1, 0.15) is 11.8 Å². The molecule has 1 atom stereocenters. The fourth-order valence-corrected chi connectivity index (χ4v) is 2.90. The molecule has 2 aromatic carbocycles. The molecule has 160 valence electrons.